The number of carbonyl (C=O) groups is 1. The molecule has 158 valence electrons. The summed E-state index contributed by atoms with van der Waals surface area (Å²) in [7, 11) is -3.53. The van der Waals surface area contributed by atoms with Crippen LogP contribution in [-0.4, -0.2) is 57.1 Å². The summed E-state index contributed by atoms with van der Waals surface area (Å²) in [6.07, 6.45) is 0. The highest BCUT2D eigenvalue weighted by Crippen LogP contribution is 2.21. The van der Waals surface area contributed by atoms with E-state index >= 15 is 0 Å². The molecule has 30 heavy (non-hydrogen) atoms. The molecule has 0 unspecified atom stereocenters. The third-order valence-electron chi connectivity index (χ3n) is 5.12. The van der Waals surface area contributed by atoms with Gasteiger partial charge >= 0.3 is 0 Å². The van der Waals surface area contributed by atoms with E-state index in [1.807, 2.05) is 23.1 Å². The lowest BCUT2D eigenvalue weighted by Crippen LogP contribution is -2.50. The molecule has 0 aliphatic carbocycles. The monoisotopic (exact) mass is 431 g/mol. The Morgan fingerprint density at radius 1 is 1.03 bits per heavy atom. The molecule has 1 fully saturated rings. The van der Waals surface area contributed by atoms with Gasteiger partial charge in [0.2, 0.25) is 10.0 Å². The number of anilines is 1. The zero-order valence-electron chi connectivity index (χ0n) is 16.3. The van der Waals surface area contributed by atoms with Crippen LogP contribution in [0.3, 0.4) is 0 Å². The van der Waals surface area contributed by atoms with E-state index in [4.69, 9.17) is 4.42 Å². The van der Waals surface area contributed by atoms with Crippen molar-refractivity contribution in [2.45, 2.75) is 0 Å². The van der Waals surface area contributed by atoms with Crippen LogP contribution in [0.25, 0.3) is 11.0 Å². The topological polar surface area (TPSA) is 82.9 Å². The zero-order chi connectivity index (χ0) is 21.1. The molecule has 0 atom stereocenters. The van der Waals surface area contributed by atoms with Crippen molar-refractivity contribution in [1.29, 1.82) is 0 Å². The van der Waals surface area contributed by atoms with Crippen LogP contribution in [0, 0.1) is 5.82 Å². The van der Waals surface area contributed by atoms with Gasteiger partial charge in [-0.05, 0) is 24.3 Å². The average molecular weight is 431 g/mol. The molecule has 1 amide bonds. The van der Waals surface area contributed by atoms with E-state index in [0.717, 1.165) is 5.39 Å². The fraction of sp³-hybridized carbons (Fsp3) is 0.286. The van der Waals surface area contributed by atoms with Gasteiger partial charge in [-0.3, -0.25) is 4.79 Å². The van der Waals surface area contributed by atoms with Gasteiger partial charge in [0, 0.05) is 38.1 Å². The Hall–Kier alpha value is -2.91. The van der Waals surface area contributed by atoms with Crippen molar-refractivity contribution in [3.8, 4) is 0 Å². The van der Waals surface area contributed by atoms with Gasteiger partial charge in [-0.15, -0.1) is 0 Å². The van der Waals surface area contributed by atoms with Gasteiger partial charge in [-0.1, -0.05) is 30.3 Å². The minimum Gasteiger partial charge on any atom is -0.451 e. The Labute approximate surface area is 174 Å². The number of sulfonamides is 1. The summed E-state index contributed by atoms with van der Waals surface area (Å²) in [5.74, 6) is -0.835. The first-order chi connectivity index (χ1) is 14.4. The quantitative estimate of drug-likeness (QED) is 0.648. The lowest BCUT2D eigenvalue weighted by atomic mass is 10.2. The summed E-state index contributed by atoms with van der Waals surface area (Å²) in [5.41, 5.74) is 1.08. The van der Waals surface area contributed by atoms with Crippen LogP contribution in [0.1, 0.15) is 10.6 Å². The van der Waals surface area contributed by atoms with Gasteiger partial charge in [-0.25, -0.2) is 12.8 Å². The molecular formula is C21H22FN3O4S. The molecule has 1 N–H and O–H groups in total. The van der Waals surface area contributed by atoms with E-state index in [-0.39, 0.29) is 37.0 Å². The zero-order valence-corrected chi connectivity index (χ0v) is 17.1. The summed E-state index contributed by atoms with van der Waals surface area (Å²) in [6, 6.07) is 15.3. The number of piperazine rings is 1. The third-order valence-corrected chi connectivity index (χ3v) is 6.99. The molecular weight excluding hydrogens is 409 g/mol. The lowest BCUT2D eigenvalue weighted by Gasteiger charge is -2.35. The summed E-state index contributed by atoms with van der Waals surface area (Å²) in [6.45, 7) is 1.34. The van der Waals surface area contributed by atoms with E-state index in [1.165, 1.54) is 10.4 Å². The molecule has 0 radical (unpaired) electrons. The van der Waals surface area contributed by atoms with Crippen LogP contribution in [0.2, 0.25) is 0 Å². The van der Waals surface area contributed by atoms with Gasteiger partial charge in [0.05, 0.1) is 11.4 Å². The normalized spacial score (nSPS) is 15.4. The first-order valence-electron chi connectivity index (χ1n) is 9.68. The molecule has 0 spiro atoms. The Bertz CT molecular complexity index is 1120. The van der Waals surface area contributed by atoms with Crippen LogP contribution in [0.4, 0.5) is 10.1 Å². The van der Waals surface area contributed by atoms with Gasteiger partial charge < -0.3 is 14.6 Å². The Morgan fingerprint density at radius 2 is 1.73 bits per heavy atom. The number of hydrogen-bond donors (Lipinski definition) is 1. The SMILES string of the molecule is O=C(NCCS(=O)(=O)N1CCN(c2ccccc2F)CC1)c1cc2ccccc2o1. The number of nitrogens with one attached hydrogen (secondary N) is 1. The predicted octanol–water partition coefficient (Wildman–Crippen LogP) is 2.45. The fourth-order valence-corrected chi connectivity index (χ4v) is 4.86. The molecule has 2 aromatic carbocycles. The van der Waals surface area contributed by atoms with Crippen LogP contribution in [0.15, 0.2) is 59.0 Å². The molecule has 3 aromatic rings. The summed E-state index contributed by atoms with van der Waals surface area (Å²) >= 11 is 0. The van der Waals surface area contributed by atoms with Crippen LogP contribution < -0.4 is 10.2 Å². The van der Waals surface area contributed by atoms with E-state index < -0.39 is 15.9 Å². The Balaban J connectivity index is 1.29. The molecule has 1 aromatic heterocycles. The maximum Gasteiger partial charge on any atom is 0.287 e. The first kappa shape index (κ1) is 20.4. The summed E-state index contributed by atoms with van der Waals surface area (Å²) in [4.78, 5) is 14.1. The molecule has 4 rings (SSSR count). The van der Waals surface area contributed by atoms with Gasteiger partial charge in [0.15, 0.2) is 5.76 Å². The largest absolute Gasteiger partial charge is 0.451 e. The smallest absolute Gasteiger partial charge is 0.287 e. The number of rotatable bonds is 6. The van der Waals surface area contributed by atoms with E-state index in [0.29, 0.717) is 24.4 Å². The van der Waals surface area contributed by atoms with Crippen molar-refractivity contribution in [2.75, 3.05) is 43.4 Å². The van der Waals surface area contributed by atoms with Crippen molar-refractivity contribution < 1.29 is 22.0 Å². The molecule has 9 heteroatoms. The second-order valence-electron chi connectivity index (χ2n) is 7.06. The van der Waals surface area contributed by atoms with E-state index in [2.05, 4.69) is 5.32 Å². The van der Waals surface area contributed by atoms with Crippen molar-refractivity contribution in [1.82, 2.24) is 9.62 Å². The minimum absolute atomic E-state index is 0.0221. The molecule has 1 saturated heterocycles. The molecule has 2 heterocycles. The standard InChI is InChI=1S/C21H22FN3O4S/c22-17-6-2-3-7-18(17)24-10-12-25(13-11-24)30(27,28)14-9-23-21(26)20-15-16-5-1-4-8-19(16)29-20/h1-8,15H,9-14H2,(H,23,26). The molecule has 0 bridgehead atoms. The van der Waals surface area contributed by atoms with Crippen LogP contribution in [0.5, 0.6) is 0 Å². The summed E-state index contributed by atoms with van der Waals surface area (Å²) in [5, 5.41) is 3.41. The number of amides is 1. The number of para-hydroxylation sites is 2. The van der Waals surface area contributed by atoms with Crippen molar-refractivity contribution >= 4 is 32.6 Å². The molecule has 1 aliphatic rings. The van der Waals surface area contributed by atoms with E-state index in [1.54, 1.807) is 30.3 Å². The highest BCUT2D eigenvalue weighted by Gasteiger charge is 2.27. The first-order valence-corrected chi connectivity index (χ1v) is 11.3. The minimum atomic E-state index is -3.53. The van der Waals surface area contributed by atoms with Gasteiger partial charge in [0.25, 0.3) is 5.91 Å². The number of halogens is 1. The van der Waals surface area contributed by atoms with Crippen LogP contribution in [-0.2, 0) is 10.0 Å². The number of nitrogens with zero attached hydrogens (tertiary/aromatic N) is 2. The molecule has 1 aliphatic heterocycles. The van der Waals surface area contributed by atoms with Crippen LogP contribution >= 0.6 is 0 Å². The average Bonchev–Trinajstić information content (AvgIpc) is 3.18. The fourth-order valence-electron chi connectivity index (χ4n) is 3.52. The van der Waals surface area contributed by atoms with Crippen molar-refractivity contribution in [3.63, 3.8) is 0 Å². The van der Waals surface area contributed by atoms with Gasteiger partial charge in [0.1, 0.15) is 11.4 Å². The number of benzene rings is 2. The molecule has 0 saturated carbocycles. The highest BCUT2D eigenvalue weighted by atomic mass is 32.2. The predicted molar refractivity (Wildman–Crippen MR) is 113 cm³/mol. The number of furan rings is 1. The third kappa shape index (κ3) is 4.31. The maximum absolute atomic E-state index is 13.9. The van der Waals surface area contributed by atoms with Crippen molar-refractivity contribution in [3.05, 3.63) is 66.2 Å². The summed E-state index contributed by atoms with van der Waals surface area (Å²) < 4.78 is 46.0. The Morgan fingerprint density at radius 3 is 2.47 bits per heavy atom. The van der Waals surface area contributed by atoms with E-state index in [9.17, 15) is 17.6 Å². The number of hydrogen-bond acceptors (Lipinski definition) is 5. The highest BCUT2D eigenvalue weighted by molar-refractivity contribution is 7.89. The maximum atomic E-state index is 13.9. The number of fused-ring (bicyclic) bond motifs is 1. The lowest BCUT2D eigenvalue weighted by molar-refractivity contribution is 0.0930. The second kappa shape index (κ2) is 8.45. The number of carbonyl (C=O) groups excluding carboxylic acids is 1. The second-order valence-corrected chi connectivity index (χ2v) is 9.15. The van der Waals surface area contributed by atoms with Crippen molar-refractivity contribution in [2.24, 2.45) is 0 Å². The molecule has 7 nitrogen and oxygen atoms in total. The Kier molecular flexibility index (Phi) is 5.74. The van der Waals surface area contributed by atoms with Gasteiger partial charge in [-0.2, -0.15) is 4.31 Å².